The van der Waals surface area contributed by atoms with Crippen LogP contribution in [0.25, 0.3) is 0 Å². The zero-order chi connectivity index (χ0) is 14.7. The van der Waals surface area contributed by atoms with E-state index in [1.807, 2.05) is 6.92 Å². The Labute approximate surface area is 116 Å². The lowest BCUT2D eigenvalue weighted by Crippen LogP contribution is -2.23. The number of rotatable bonds is 4. The molecular weight excluding hydrogens is 260 g/mol. The second-order valence-electron chi connectivity index (χ2n) is 4.37. The van der Waals surface area contributed by atoms with Crippen LogP contribution in [0.5, 0.6) is 11.5 Å². The Kier molecular flexibility index (Phi) is 3.93. The molecule has 1 amide bonds. The molecular formula is C14H16N2O4. The van der Waals surface area contributed by atoms with Crippen molar-refractivity contribution in [3.05, 3.63) is 40.8 Å². The van der Waals surface area contributed by atoms with Crippen molar-refractivity contribution in [3.8, 4) is 11.5 Å². The number of aryl methyl sites for hydroxylation is 2. The van der Waals surface area contributed by atoms with E-state index in [2.05, 4.69) is 10.5 Å². The number of phenolic OH excluding ortho intramolecular Hbond substituents is 1. The molecule has 1 aromatic heterocycles. The quantitative estimate of drug-likeness (QED) is 0.891. The SMILES string of the molecule is COc1ccc(C(=O)NCc2c(C)noc2C)cc1O. The van der Waals surface area contributed by atoms with Gasteiger partial charge in [-0.1, -0.05) is 5.16 Å². The average Bonchev–Trinajstić information content (AvgIpc) is 2.75. The minimum Gasteiger partial charge on any atom is -0.504 e. The number of ether oxygens (including phenoxy) is 1. The van der Waals surface area contributed by atoms with Crippen molar-refractivity contribution in [2.24, 2.45) is 0 Å². The normalized spacial score (nSPS) is 10.3. The van der Waals surface area contributed by atoms with Gasteiger partial charge in [-0.25, -0.2) is 0 Å². The zero-order valence-electron chi connectivity index (χ0n) is 11.6. The summed E-state index contributed by atoms with van der Waals surface area (Å²) < 4.78 is 9.95. The summed E-state index contributed by atoms with van der Waals surface area (Å²) in [7, 11) is 1.45. The Balaban J connectivity index is 2.07. The van der Waals surface area contributed by atoms with Crippen LogP contribution in [0.1, 0.15) is 27.4 Å². The van der Waals surface area contributed by atoms with Gasteiger partial charge in [0.25, 0.3) is 5.91 Å². The lowest BCUT2D eigenvalue weighted by molar-refractivity contribution is 0.0950. The van der Waals surface area contributed by atoms with E-state index in [1.165, 1.54) is 13.2 Å². The Hall–Kier alpha value is -2.50. The molecule has 0 fully saturated rings. The molecule has 0 unspecified atom stereocenters. The molecule has 0 spiro atoms. The second kappa shape index (κ2) is 5.64. The highest BCUT2D eigenvalue weighted by Crippen LogP contribution is 2.26. The molecule has 6 nitrogen and oxygen atoms in total. The van der Waals surface area contributed by atoms with Crippen LogP contribution in [0.4, 0.5) is 0 Å². The number of carbonyl (C=O) groups excluding carboxylic acids is 1. The fourth-order valence-corrected chi connectivity index (χ4v) is 1.86. The third-order valence-corrected chi connectivity index (χ3v) is 3.05. The number of nitrogens with one attached hydrogen (secondary N) is 1. The van der Waals surface area contributed by atoms with Gasteiger partial charge >= 0.3 is 0 Å². The van der Waals surface area contributed by atoms with E-state index < -0.39 is 0 Å². The third kappa shape index (κ3) is 2.74. The van der Waals surface area contributed by atoms with Gasteiger partial charge in [0.05, 0.1) is 12.8 Å². The molecule has 2 N–H and O–H groups in total. The summed E-state index contributed by atoms with van der Waals surface area (Å²) in [5.74, 6) is 0.646. The van der Waals surface area contributed by atoms with Crippen LogP contribution >= 0.6 is 0 Å². The molecule has 1 aromatic carbocycles. The maximum Gasteiger partial charge on any atom is 0.251 e. The summed E-state index contributed by atoms with van der Waals surface area (Å²) in [5.41, 5.74) is 1.96. The van der Waals surface area contributed by atoms with E-state index >= 15 is 0 Å². The standard InChI is InChI=1S/C14H16N2O4/c1-8-11(9(2)20-16-8)7-15-14(18)10-4-5-13(19-3)12(17)6-10/h4-6,17H,7H2,1-3H3,(H,15,18). The molecule has 0 aliphatic heterocycles. The molecule has 2 rings (SSSR count). The topological polar surface area (TPSA) is 84.6 Å². The van der Waals surface area contributed by atoms with Crippen molar-refractivity contribution in [2.45, 2.75) is 20.4 Å². The van der Waals surface area contributed by atoms with Crippen LogP contribution < -0.4 is 10.1 Å². The Bertz CT molecular complexity index is 615. The molecule has 0 aliphatic rings. The predicted octanol–water partition coefficient (Wildman–Crippen LogP) is 1.94. The van der Waals surface area contributed by atoms with E-state index in [0.717, 1.165) is 11.3 Å². The highest BCUT2D eigenvalue weighted by molar-refractivity contribution is 5.94. The molecule has 0 saturated carbocycles. The molecule has 0 bridgehead atoms. The molecule has 0 aliphatic carbocycles. The fourth-order valence-electron chi connectivity index (χ4n) is 1.86. The van der Waals surface area contributed by atoms with Gasteiger partial charge in [0, 0.05) is 17.7 Å². The Morgan fingerprint density at radius 2 is 2.20 bits per heavy atom. The Morgan fingerprint density at radius 1 is 1.45 bits per heavy atom. The van der Waals surface area contributed by atoms with Crippen LogP contribution in [0, 0.1) is 13.8 Å². The molecule has 20 heavy (non-hydrogen) atoms. The molecule has 106 valence electrons. The van der Waals surface area contributed by atoms with E-state index in [-0.39, 0.29) is 11.7 Å². The first-order valence-electron chi connectivity index (χ1n) is 6.10. The van der Waals surface area contributed by atoms with Gasteiger partial charge in [-0.3, -0.25) is 4.79 Å². The largest absolute Gasteiger partial charge is 0.504 e. The number of phenols is 1. The first kappa shape index (κ1) is 13.9. The van der Waals surface area contributed by atoms with Crippen LogP contribution in [0.3, 0.4) is 0 Å². The monoisotopic (exact) mass is 276 g/mol. The van der Waals surface area contributed by atoms with Crippen molar-refractivity contribution in [1.29, 1.82) is 0 Å². The smallest absolute Gasteiger partial charge is 0.251 e. The van der Waals surface area contributed by atoms with Gasteiger partial charge in [-0.05, 0) is 32.0 Å². The minimum absolute atomic E-state index is 0.0718. The number of aromatic hydroxyl groups is 1. The van der Waals surface area contributed by atoms with Crippen LogP contribution in [-0.2, 0) is 6.54 Å². The number of amides is 1. The summed E-state index contributed by atoms with van der Waals surface area (Å²) in [5, 5.41) is 16.2. The number of hydrogen-bond acceptors (Lipinski definition) is 5. The number of carbonyl (C=O) groups is 1. The van der Waals surface area contributed by atoms with E-state index in [1.54, 1.807) is 19.1 Å². The van der Waals surface area contributed by atoms with Gasteiger partial charge < -0.3 is 19.7 Å². The number of methoxy groups -OCH3 is 1. The lowest BCUT2D eigenvalue weighted by Gasteiger charge is -2.07. The molecule has 1 heterocycles. The van der Waals surface area contributed by atoms with E-state index in [4.69, 9.17) is 9.26 Å². The van der Waals surface area contributed by atoms with Gasteiger partial charge in [-0.15, -0.1) is 0 Å². The maximum atomic E-state index is 12.0. The third-order valence-electron chi connectivity index (χ3n) is 3.05. The average molecular weight is 276 g/mol. The molecule has 0 radical (unpaired) electrons. The van der Waals surface area contributed by atoms with Gasteiger partial charge in [0.2, 0.25) is 0 Å². The molecule has 6 heteroatoms. The summed E-state index contributed by atoms with van der Waals surface area (Å²) in [6.45, 7) is 3.94. The second-order valence-corrected chi connectivity index (χ2v) is 4.37. The lowest BCUT2D eigenvalue weighted by atomic mass is 10.1. The van der Waals surface area contributed by atoms with Crippen molar-refractivity contribution in [3.63, 3.8) is 0 Å². The highest BCUT2D eigenvalue weighted by Gasteiger charge is 2.13. The fraction of sp³-hybridized carbons (Fsp3) is 0.286. The van der Waals surface area contributed by atoms with Crippen molar-refractivity contribution >= 4 is 5.91 Å². The van der Waals surface area contributed by atoms with Crippen LogP contribution in [0.15, 0.2) is 22.7 Å². The number of nitrogens with zero attached hydrogens (tertiary/aromatic N) is 1. The minimum atomic E-state index is -0.289. The van der Waals surface area contributed by atoms with Crippen molar-refractivity contribution < 1.29 is 19.2 Å². The number of hydrogen-bond donors (Lipinski definition) is 2. The number of benzene rings is 1. The summed E-state index contributed by atoms with van der Waals surface area (Å²) in [4.78, 5) is 12.0. The van der Waals surface area contributed by atoms with Crippen molar-refractivity contribution in [2.75, 3.05) is 7.11 Å². The highest BCUT2D eigenvalue weighted by atomic mass is 16.5. The van der Waals surface area contributed by atoms with Crippen LogP contribution in [-0.4, -0.2) is 23.3 Å². The van der Waals surface area contributed by atoms with Crippen LogP contribution in [0.2, 0.25) is 0 Å². The Morgan fingerprint density at radius 3 is 2.75 bits per heavy atom. The predicted molar refractivity (Wildman–Crippen MR) is 71.8 cm³/mol. The van der Waals surface area contributed by atoms with Gasteiger partial charge in [0.1, 0.15) is 5.76 Å². The summed E-state index contributed by atoms with van der Waals surface area (Å²) in [6, 6.07) is 4.49. The molecule has 2 aromatic rings. The zero-order valence-corrected chi connectivity index (χ0v) is 11.6. The van der Waals surface area contributed by atoms with Gasteiger partial charge in [-0.2, -0.15) is 0 Å². The summed E-state index contributed by atoms with van der Waals surface area (Å²) in [6.07, 6.45) is 0. The maximum absolute atomic E-state index is 12.0. The van der Waals surface area contributed by atoms with E-state index in [0.29, 0.717) is 23.6 Å². The number of aromatic nitrogens is 1. The molecule has 0 atom stereocenters. The first-order chi connectivity index (χ1) is 9.52. The summed E-state index contributed by atoms with van der Waals surface area (Å²) >= 11 is 0. The molecule has 0 saturated heterocycles. The first-order valence-corrected chi connectivity index (χ1v) is 6.10. The van der Waals surface area contributed by atoms with Gasteiger partial charge in [0.15, 0.2) is 11.5 Å². The van der Waals surface area contributed by atoms with E-state index in [9.17, 15) is 9.90 Å². The van der Waals surface area contributed by atoms with Crippen molar-refractivity contribution in [1.82, 2.24) is 10.5 Å².